The van der Waals surface area contributed by atoms with E-state index in [-0.39, 0.29) is 5.56 Å². The van der Waals surface area contributed by atoms with E-state index in [1.165, 1.54) is 17.4 Å². The van der Waals surface area contributed by atoms with Gasteiger partial charge >= 0.3 is 0 Å². The van der Waals surface area contributed by atoms with Gasteiger partial charge in [0, 0.05) is 16.5 Å². The van der Waals surface area contributed by atoms with Crippen LogP contribution in [-0.4, -0.2) is 10.2 Å². The maximum absolute atomic E-state index is 11.0. The number of nitriles is 1. The van der Waals surface area contributed by atoms with Gasteiger partial charge in [0.05, 0.1) is 6.20 Å². The molecule has 5 heteroatoms. The van der Waals surface area contributed by atoms with Gasteiger partial charge in [0.2, 0.25) is 0 Å². The second kappa shape index (κ2) is 3.44. The summed E-state index contributed by atoms with van der Waals surface area (Å²) in [6.07, 6.45) is 1.56. The van der Waals surface area contributed by atoms with Crippen molar-refractivity contribution in [1.82, 2.24) is 10.2 Å². The Hall–Kier alpha value is -1.93. The number of thiophene rings is 1. The Labute approximate surface area is 83.5 Å². The van der Waals surface area contributed by atoms with E-state index >= 15 is 0 Å². The summed E-state index contributed by atoms with van der Waals surface area (Å²) in [7, 11) is 0. The van der Waals surface area contributed by atoms with Crippen LogP contribution in [0.15, 0.2) is 29.2 Å². The van der Waals surface area contributed by atoms with Gasteiger partial charge in [0.25, 0.3) is 5.56 Å². The summed E-state index contributed by atoms with van der Waals surface area (Å²) in [4.78, 5) is 12.5. The maximum Gasteiger partial charge on any atom is 0.264 e. The Kier molecular flexibility index (Phi) is 2.13. The number of hydrogen-bond acceptors (Lipinski definition) is 4. The summed E-state index contributed by atoms with van der Waals surface area (Å²) < 4.78 is 0. The largest absolute Gasteiger partial charge is 0.268 e. The highest BCUT2D eigenvalue weighted by atomic mass is 32.1. The smallest absolute Gasteiger partial charge is 0.264 e. The van der Waals surface area contributed by atoms with Crippen molar-refractivity contribution in [1.29, 1.82) is 5.26 Å². The molecule has 68 valence electrons. The van der Waals surface area contributed by atoms with Crippen LogP contribution in [0.1, 0.15) is 4.88 Å². The molecule has 0 aliphatic carbocycles. The number of rotatable bonds is 1. The van der Waals surface area contributed by atoms with Gasteiger partial charge in [-0.3, -0.25) is 4.79 Å². The van der Waals surface area contributed by atoms with Crippen molar-refractivity contribution in [3.63, 3.8) is 0 Å². The highest BCUT2D eigenvalue weighted by Crippen LogP contribution is 2.25. The van der Waals surface area contributed by atoms with E-state index in [0.29, 0.717) is 4.88 Å². The van der Waals surface area contributed by atoms with Gasteiger partial charge in [-0.05, 0) is 12.1 Å². The van der Waals surface area contributed by atoms with Crippen molar-refractivity contribution in [3.05, 3.63) is 39.6 Å². The van der Waals surface area contributed by atoms with E-state index in [1.54, 1.807) is 18.3 Å². The molecule has 1 N–H and O–H groups in total. The lowest BCUT2D eigenvalue weighted by Crippen LogP contribution is -2.04. The van der Waals surface area contributed by atoms with E-state index in [0.717, 1.165) is 10.4 Å². The lowest BCUT2D eigenvalue weighted by molar-refractivity contribution is 0.992. The van der Waals surface area contributed by atoms with Crippen LogP contribution in [0.5, 0.6) is 0 Å². The zero-order valence-electron chi connectivity index (χ0n) is 7.02. The van der Waals surface area contributed by atoms with Crippen molar-refractivity contribution in [2.24, 2.45) is 0 Å². The number of hydrogen-bond donors (Lipinski definition) is 1. The van der Waals surface area contributed by atoms with Crippen LogP contribution in [0.3, 0.4) is 0 Å². The van der Waals surface area contributed by atoms with Crippen molar-refractivity contribution in [3.8, 4) is 16.5 Å². The normalized spacial score (nSPS) is 9.64. The molecule has 0 aromatic carbocycles. The molecule has 0 bridgehead atoms. The number of nitrogens with one attached hydrogen (secondary N) is 1. The fraction of sp³-hybridized carbons (Fsp3) is 0. The molecule has 0 spiro atoms. The van der Waals surface area contributed by atoms with Crippen LogP contribution in [0, 0.1) is 11.3 Å². The minimum atomic E-state index is -0.241. The Morgan fingerprint density at radius 1 is 1.50 bits per heavy atom. The van der Waals surface area contributed by atoms with Crippen LogP contribution in [0.4, 0.5) is 0 Å². The Balaban J connectivity index is 2.50. The molecular formula is C9H5N3OS. The zero-order valence-corrected chi connectivity index (χ0v) is 7.84. The van der Waals surface area contributed by atoms with Gasteiger partial charge in [0.1, 0.15) is 10.9 Å². The molecule has 0 fully saturated rings. The monoisotopic (exact) mass is 203 g/mol. The standard InChI is InChI=1S/C9H5N3OS/c10-4-7-1-2-8(14-7)6-3-9(13)12-11-5-6/h1-3,5H,(H,12,13). The summed E-state index contributed by atoms with van der Waals surface area (Å²) >= 11 is 1.34. The predicted octanol–water partition coefficient (Wildman–Crippen LogP) is 1.37. The van der Waals surface area contributed by atoms with Crippen LogP contribution in [0.2, 0.25) is 0 Å². The third-order valence-corrected chi connectivity index (χ3v) is 2.70. The highest BCUT2D eigenvalue weighted by Gasteiger charge is 2.02. The van der Waals surface area contributed by atoms with Crippen LogP contribution >= 0.6 is 11.3 Å². The molecule has 0 atom stereocenters. The van der Waals surface area contributed by atoms with E-state index < -0.39 is 0 Å². The fourth-order valence-corrected chi connectivity index (χ4v) is 1.85. The van der Waals surface area contributed by atoms with Gasteiger partial charge in [-0.1, -0.05) is 0 Å². The fourth-order valence-electron chi connectivity index (χ4n) is 1.06. The number of aromatic nitrogens is 2. The van der Waals surface area contributed by atoms with E-state index in [1.807, 2.05) is 6.07 Å². The first-order chi connectivity index (χ1) is 6.79. The molecular weight excluding hydrogens is 198 g/mol. The van der Waals surface area contributed by atoms with Crippen molar-refractivity contribution in [2.45, 2.75) is 0 Å². The van der Waals surface area contributed by atoms with E-state index in [4.69, 9.17) is 5.26 Å². The SMILES string of the molecule is N#Cc1ccc(-c2cn[nH]c(=O)c2)s1. The molecule has 0 amide bonds. The molecule has 0 aliphatic rings. The van der Waals surface area contributed by atoms with E-state index in [2.05, 4.69) is 10.2 Å². The third-order valence-electron chi connectivity index (χ3n) is 1.67. The lowest BCUT2D eigenvalue weighted by atomic mass is 10.2. The molecule has 2 rings (SSSR count). The van der Waals surface area contributed by atoms with Gasteiger partial charge in [-0.15, -0.1) is 11.3 Å². The predicted molar refractivity (Wildman–Crippen MR) is 52.9 cm³/mol. The summed E-state index contributed by atoms with van der Waals surface area (Å²) in [6.45, 7) is 0. The summed E-state index contributed by atoms with van der Waals surface area (Å²) in [6, 6.07) is 7.03. The van der Waals surface area contributed by atoms with Crippen LogP contribution in [0.25, 0.3) is 10.4 Å². The lowest BCUT2D eigenvalue weighted by Gasteiger charge is -1.92. The molecule has 0 saturated heterocycles. The number of aromatic amines is 1. The first-order valence-corrected chi connectivity index (χ1v) is 4.66. The average Bonchev–Trinajstić information content (AvgIpc) is 2.66. The quantitative estimate of drug-likeness (QED) is 0.761. The Bertz CT molecular complexity index is 549. The molecule has 0 radical (unpaired) electrons. The van der Waals surface area contributed by atoms with Crippen LogP contribution < -0.4 is 5.56 Å². The van der Waals surface area contributed by atoms with Crippen molar-refractivity contribution in [2.75, 3.05) is 0 Å². The van der Waals surface area contributed by atoms with E-state index in [9.17, 15) is 4.79 Å². The Morgan fingerprint density at radius 3 is 3.00 bits per heavy atom. The van der Waals surface area contributed by atoms with Gasteiger partial charge in [0.15, 0.2) is 0 Å². The third kappa shape index (κ3) is 1.56. The molecule has 2 aromatic rings. The molecule has 0 unspecified atom stereocenters. The summed E-state index contributed by atoms with van der Waals surface area (Å²) in [5, 5.41) is 14.6. The average molecular weight is 203 g/mol. The molecule has 14 heavy (non-hydrogen) atoms. The minimum absolute atomic E-state index is 0.241. The van der Waals surface area contributed by atoms with Gasteiger partial charge in [-0.2, -0.15) is 10.4 Å². The van der Waals surface area contributed by atoms with Gasteiger partial charge < -0.3 is 0 Å². The van der Waals surface area contributed by atoms with Gasteiger partial charge in [-0.25, -0.2) is 5.10 Å². The highest BCUT2D eigenvalue weighted by molar-refractivity contribution is 7.16. The second-order valence-electron chi connectivity index (χ2n) is 2.61. The molecule has 0 aliphatic heterocycles. The first kappa shape index (κ1) is 8.66. The summed E-state index contributed by atoms with van der Waals surface area (Å²) in [5.41, 5.74) is 0.495. The Morgan fingerprint density at radius 2 is 2.36 bits per heavy atom. The molecule has 2 aromatic heterocycles. The first-order valence-electron chi connectivity index (χ1n) is 3.84. The maximum atomic E-state index is 11.0. The minimum Gasteiger partial charge on any atom is -0.268 e. The summed E-state index contributed by atoms with van der Waals surface area (Å²) in [5.74, 6) is 0. The van der Waals surface area contributed by atoms with Crippen molar-refractivity contribution < 1.29 is 0 Å². The van der Waals surface area contributed by atoms with Crippen molar-refractivity contribution >= 4 is 11.3 Å². The molecule has 4 nitrogen and oxygen atoms in total. The number of nitrogens with zero attached hydrogens (tertiary/aromatic N) is 2. The second-order valence-corrected chi connectivity index (χ2v) is 3.69. The van der Waals surface area contributed by atoms with Crippen LogP contribution in [-0.2, 0) is 0 Å². The molecule has 0 saturated carbocycles. The molecule has 2 heterocycles. The number of H-pyrrole nitrogens is 1. The zero-order chi connectivity index (χ0) is 9.97. The topological polar surface area (TPSA) is 69.5 Å².